The molecule has 6 nitrogen and oxygen atoms in total. The van der Waals surface area contributed by atoms with Crippen molar-refractivity contribution in [3.05, 3.63) is 12.7 Å². The molecule has 0 spiro atoms. The second-order valence-electron chi connectivity index (χ2n) is 4.15. The van der Waals surface area contributed by atoms with E-state index in [4.69, 9.17) is 0 Å². The molecule has 0 atom stereocenters. The molecule has 0 amide bonds. The zero-order valence-corrected chi connectivity index (χ0v) is 9.10. The first-order chi connectivity index (χ1) is 7.75. The molecule has 3 rings (SSSR count). The minimum absolute atomic E-state index is 0.139. The molecular weight excluding hydrogens is 204 g/mol. The molecule has 0 aromatic carbocycles. The molecule has 0 aliphatic carbocycles. The van der Waals surface area contributed by atoms with Crippen LogP contribution in [-0.4, -0.2) is 26.1 Å². The minimum Gasteiger partial charge on any atom is -0.349 e. The Bertz CT molecular complexity index is 497. The maximum Gasteiger partial charge on any atom is 0.170 e. The fraction of sp³-hybridized carbons (Fsp3) is 0.400. The van der Waals surface area contributed by atoms with Gasteiger partial charge in [-0.3, -0.25) is 0 Å². The lowest BCUT2D eigenvalue weighted by Crippen LogP contribution is -2.37. The van der Waals surface area contributed by atoms with E-state index in [0.717, 1.165) is 17.0 Å². The Kier molecular flexibility index (Phi) is 1.89. The summed E-state index contributed by atoms with van der Waals surface area (Å²) in [4.78, 5) is 16.7. The molecule has 6 heteroatoms. The second-order valence-corrected chi connectivity index (χ2v) is 4.15. The molecule has 16 heavy (non-hydrogen) atoms. The van der Waals surface area contributed by atoms with Crippen molar-refractivity contribution >= 4 is 22.7 Å². The molecule has 1 aliphatic rings. The second kappa shape index (κ2) is 3.26. The molecule has 0 fully saturated rings. The predicted molar refractivity (Wildman–Crippen MR) is 61.0 cm³/mol. The Morgan fingerprint density at radius 3 is 2.06 bits per heavy atom. The molecule has 82 valence electrons. The highest BCUT2D eigenvalue weighted by atomic mass is 15.2. The Balaban J connectivity index is 2.20. The van der Waals surface area contributed by atoms with Crippen molar-refractivity contribution < 1.29 is 0 Å². The fourth-order valence-corrected chi connectivity index (χ4v) is 1.78. The van der Waals surface area contributed by atoms with Gasteiger partial charge in [0, 0.05) is 0 Å². The molecule has 2 aromatic rings. The van der Waals surface area contributed by atoms with Crippen LogP contribution in [0.25, 0.3) is 11.0 Å². The Hall–Kier alpha value is -1.98. The van der Waals surface area contributed by atoms with E-state index in [0.29, 0.717) is 11.6 Å². The van der Waals surface area contributed by atoms with E-state index in [-0.39, 0.29) is 6.17 Å². The van der Waals surface area contributed by atoms with Crippen molar-refractivity contribution in [2.24, 2.45) is 5.92 Å². The molecule has 3 heterocycles. The summed E-state index contributed by atoms with van der Waals surface area (Å²) >= 11 is 0. The van der Waals surface area contributed by atoms with Crippen LogP contribution < -0.4 is 10.6 Å². The molecule has 2 N–H and O–H groups in total. The highest BCUT2D eigenvalue weighted by molar-refractivity contribution is 5.97. The maximum atomic E-state index is 4.23. The molecule has 0 saturated carbocycles. The highest BCUT2D eigenvalue weighted by Gasteiger charge is 2.23. The standard InChI is InChI=1S/C10H12N6/c1-5(2)7-15-9-6-8(11-3-13-9)12-4-14-10(6)16-7/h3-5,7H,1-2H3,(H2,11,12,13,14,15,16). The Morgan fingerprint density at radius 2 is 1.56 bits per heavy atom. The minimum atomic E-state index is 0.139. The lowest BCUT2D eigenvalue weighted by Gasteiger charge is -2.29. The zero-order valence-electron chi connectivity index (χ0n) is 9.10. The van der Waals surface area contributed by atoms with Crippen molar-refractivity contribution in [3.8, 4) is 0 Å². The number of aromatic nitrogens is 4. The number of anilines is 2. The molecule has 0 bridgehead atoms. The third-order valence-corrected chi connectivity index (χ3v) is 2.68. The van der Waals surface area contributed by atoms with Crippen LogP contribution in [0.3, 0.4) is 0 Å². The lowest BCUT2D eigenvalue weighted by molar-refractivity contribution is 0.565. The lowest BCUT2D eigenvalue weighted by atomic mass is 10.1. The van der Waals surface area contributed by atoms with Gasteiger partial charge in [-0.15, -0.1) is 0 Å². The summed E-state index contributed by atoms with van der Waals surface area (Å²) in [5.41, 5.74) is 0.664. The normalized spacial score (nSPS) is 14.9. The SMILES string of the molecule is CC(C)C1Nc2ncnc3ncnc(c23)N1. The molecule has 0 saturated heterocycles. The number of hydrogen-bond donors (Lipinski definition) is 2. The van der Waals surface area contributed by atoms with E-state index >= 15 is 0 Å². The smallest absolute Gasteiger partial charge is 0.170 e. The van der Waals surface area contributed by atoms with Gasteiger partial charge in [-0.1, -0.05) is 13.8 Å². The summed E-state index contributed by atoms with van der Waals surface area (Å²) in [5.74, 6) is 2.05. The molecule has 0 radical (unpaired) electrons. The summed E-state index contributed by atoms with van der Waals surface area (Å²) < 4.78 is 0. The Labute approximate surface area is 92.5 Å². The third-order valence-electron chi connectivity index (χ3n) is 2.68. The van der Waals surface area contributed by atoms with Crippen LogP contribution >= 0.6 is 0 Å². The van der Waals surface area contributed by atoms with Crippen molar-refractivity contribution in [1.82, 2.24) is 19.9 Å². The molecular formula is C10H12N6. The van der Waals surface area contributed by atoms with Crippen LogP contribution in [0.5, 0.6) is 0 Å². The maximum absolute atomic E-state index is 4.23. The van der Waals surface area contributed by atoms with Gasteiger partial charge in [0.25, 0.3) is 0 Å². The van der Waals surface area contributed by atoms with E-state index in [1.54, 1.807) is 0 Å². The van der Waals surface area contributed by atoms with E-state index < -0.39 is 0 Å². The molecule has 0 unspecified atom stereocenters. The number of nitrogens with zero attached hydrogens (tertiary/aromatic N) is 4. The van der Waals surface area contributed by atoms with Gasteiger partial charge in [-0.05, 0) is 5.92 Å². The first-order valence-corrected chi connectivity index (χ1v) is 5.24. The predicted octanol–water partition coefficient (Wildman–Crippen LogP) is 1.24. The Morgan fingerprint density at radius 1 is 1.00 bits per heavy atom. The van der Waals surface area contributed by atoms with Gasteiger partial charge >= 0.3 is 0 Å². The van der Waals surface area contributed by atoms with Gasteiger partial charge in [-0.25, -0.2) is 19.9 Å². The van der Waals surface area contributed by atoms with Crippen LogP contribution in [0.4, 0.5) is 11.6 Å². The average molecular weight is 216 g/mol. The largest absolute Gasteiger partial charge is 0.349 e. The molecule has 2 aromatic heterocycles. The van der Waals surface area contributed by atoms with Crippen molar-refractivity contribution in [3.63, 3.8) is 0 Å². The zero-order chi connectivity index (χ0) is 11.1. The van der Waals surface area contributed by atoms with E-state index in [2.05, 4.69) is 44.4 Å². The van der Waals surface area contributed by atoms with E-state index in [9.17, 15) is 0 Å². The first-order valence-electron chi connectivity index (χ1n) is 5.24. The number of rotatable bonds is 1. The van der Waals surface area contributed by atoms with Gasteiger partial charge in [0.2, 0.25) is 0 Å². The highest BCUT2D eigenvalue weighted by Crippen LogP contribution is 2.30. The van der Waals surface area contributed by atoms with Crippen molar-refractivity contribution in [2.75, 3.05) is 10.6 Å². The van der Waals surface area contributed by atoms with Crippen LogP contribution in [0.2, 0.25) is 0 Å². The quantitative estimate of drug-likeness (QED) is 0.747. The van der Waals surface area contributed by atoms with Gasteiger partial charge < -0.3 is 10.6 Å². The monoisotopic (exact) mass is 216 g/mol. The number of nitrogens with one attached hydrogen (secondary N) is 2. The molecule has 1 aliphatic heterocycles. The van der Waals surface area contributed by atoms with Crippen LogP contribution in [0, 0.1) is 5.92 Å². The van der Waals surface area contributed by atoms with Crippen molar-refractivity contribution in [2.45, 2.75) is 20.0 Å². The summed E-state index contributed by atoms with van der Waals surface area (Å²) in [6.07, 6.45) is 3.18. The summed E-state index contributed by atoms with van der Waals surface area (Å²) in [6, 6.07) is 0. The van der Waals surface area contributed by atoms with Gasteiger partial charge in [0.1, 0.15) is 35.8 Å². The van der Waals surface area contributed by atoms with Gasteiger partial charge in [-0.2, -0.15) is 0 Å². The topological polar surface area (TPSA) is 75.6 Å². The van der Waals surface area contributed by atoms with Crippen LogP contribution in [-0.2, 0) is 0 Å². The van der Waals surface area contributed by atoms with Crippen LogP contribution in [0.1, 0.15) is 13.8 Å². The van der Waals surface area contributed by atoms with E-state index in [1.807, 2.05) is 0 Å². The fourth-order valence-electron chi connectivity index (χ4n) is 1.78. The number of hydrogen-bond acceptors (Lipinski definition) is 6. The van der Waals surface area contributed by atoms with Crippen LogP contribution in [0.15, 0.2) is 12.7 Å². The van der Waals surface area contributed by atoms with E-state index in [1.165, 1.54) is 12.7 Å². The average Bonchev–Trinajstić information content (AvgIpc) is 2.29. The third kappa shape index (κ3) is 1.26. The summed E-state index contributed by atoms with van der Waals surface area (Å²) in [7, 11) is 0. The summed E-state index contributed by atoms with van der Waals surface area (Å²) in [6.45, 7) is 4.27. The summed E-state index contributed by atoms with van der Waals surface area (Å²) in [5, 5.41) is 7.50. The van der Waals surface area contributed by atoms with Gasteiger partial charge in [0.15, 0.2) is 5.65 Å². The van der Waals surface area contributed by atoms with Crippen molar-refractivity contribution in [1.29, 1.82) is 0 Å². The van der Waals surface area contributed by atoms with Gasteiger partial charge in [0.05, 0.1) is 0 Å². The first kappa shape index (κ1) is 9.26.